The summed E-state index contributed by atoms with van der Waals surface area (Å²) in [6.45, 7) is 3.60. The summed E-state index contributed by atoms with van der Waals surface area (Å²) in [5, 5.41) is 13.7. The molecule has 2 N–H and O–H groups in total. The molecule has 2 heterocycles. The van der Waals surface area contributed by atoms with Crippen LogP contribution in [0.25, 0.3) is 10.9 Å². The van der Waals surface area contributed by atoms with E-state index < -0.39 is 18.2 Å². The number of aliphatic hydroxyl groups excluding tert-OH is 1. The molecule has 1 aliphatic carbocycles. The molecule has 0 radical (unpaired) electrons. The molecule has 1 saturated carbocycles. The van der Waals surface area contributed by atoms with Crippen LogP contribution in [-0.4, -0.2) is 52.3 Å². The van der Waals surface area contributed by atoms with Gasteiger partial charge >= 0.3 is 6.18 Å². The van der Waals surface area contributed by atoms with Crippen LogP contribution in [0.4, 0.5) is 13.2 Å². The summed E-state index contributed by atoms with van der Waals surface area (Å²) in [5.74, 6) is -0.510. The Bertz CT molecular complexity index is 974. The minimum Gasteiger partial charge on any atom is -0.379 e. The summed E-state index contributed by atoms with van der Waals surface area (Å²) in [6.07, 6.45) is 3.60. The zero-order chi connectivity index (χ0) is 24.8. The Morgan fingerprint density at radius 2 is 1.60 bits per heavy atom. The minimum absolute atomic E-state index is 0.0424. The number of aryl methyl sites for hydroxylation is 1. The zero-order valence-electron chi connectivity index (χ0n) is 20.5. The summed E-state index contributed by atoms with van der Waals surface area (Å²) in [5.41, 5.74) is 0.199. The Morgan fingerprint density at radius 3 is 2.29 bits per heavy atom. The van der Waals surface area contributed by atoms with Crippen molar-refractivity contribution in [2.24, 2.45) is 0 Å². The second kappa shape index (κ2) is 11.8. The van der Waals surface area contributed by atoms with Gasteiger partial charge < -0.3 is 19.9 Å². The molecule has 1 aromatic heterocycles. The number of rotatable bonds is 8. The lowest BCUT2D eigenvalue weighted by atomic mass is 9.96. The first-order valence-electron chi connectivity index (χ1n) is 13.3. The molecule has 1 aromatic carbocycles. The highest BCUT2D eigenvalue weighted by Crippen LogP contribution is 2.40. The SMILES string of the molecule is O=C(NC1CCCCCCC1)c1c(C(O)C(F)(F)F)c2ccccc2n1CCCCN1CCCC1. The Kier molecular flexibility index (Phi) is 8.76. The predicted molar refractivity (Wildman–Crippen MR) is 131 cm³/mol. The molecule has 8 heteroatoms. The number of halogens is 3. The molecular formula is C27H38F3N3O2. The highest BCUT2D eigenvalue weighted by atomic mass is 19.4. The van der Waals surface area contributed by atoms with Gasteiger partial charge in [-0.15, -0.1) is 0 Å². The molecule has 1 saturated heterocycles. The minimum atomic E-state index is -4.86. The lowest BCUT2D eigenvalue weighted by Gasteiger charge is -2.23. The molecular weight excluding hydrogens is 455 g/mol. The summed E-state index contributed by atoms with van der Waals surface area (Å²) in [7, 11) is 0. The van der Waals surface area contributed by atoms with Gasteiger partial charge in [-0.2, -0.15) is 13.2 Å². The fourth-order valence-electron chi connectivity index (χ4n) is 5.71. The Labute approximate surface area is 205 Å². The first-order valence-corrected chi connectivity index (χ1v) is 13.3. The van der Waals surface area contributed by atoms with Gasteiger partial charge in [0.1, 0.15) is 5.69 Å². The van der Waals surface area contributed by atoms with Crippen LogP contribution in [0.2, 0.25) is 0 Å². The van der Waals surface area contributed by atoms with Crippen molar-refractivity contribution >= 4 is 16.8 Å². The second-order valence-corrected chi connectivity index (χ2v) is 10.1. The number of carbonyl (C=O) groups is 1. The van der Waals surface area contributed by atoms with E-state index in [4.69, 9.17) is 0 Å². The highest BCUT2D eigenvalue weighted by molar-refractivity contribution is 6.02. The normalized spacial score (nSPS) is 19.5. The molecule has 5 nitrogen and oxygen atoms in total. The fraction of sp³-hybridized carbons (Fsp3) is 0.667. The third kappa shape index (κ3) is 6.39. The van der Waals surface area contributed by atoms with E-state index in [2.05, 4.69) is 10.2 Å². The van der Waals surface area contributed by atoms with E-state index in [1.807, 2.05) is 0 Å². The molecule has 1 unspecified atom stereocenters. The number of fused-ring (bicyclic) bond motifs is 1. The monoisotopic (exact) mass is 493 g/mol. The standard InChI is InChI=1S/C27H38F3N3O2/c28-27(29,30)25(34)23-21-14-6-7-15-22(21)33(19-11-10-18-32-16-8-9-17-32)24(23)26(35)31-20-12-4-2-1-3-5-13-20/h6-7,14-15,20,25,34H,1-5,8-13,16-19H2,(H,31,35). The fourth-order valence-corrected chi connectivity index (χ4v) is 5.71. The van der Waals surface area contributed by atoms with Gasteiger partial charge in [0.05, 0.1) is 0 Å². The number of alkyl halides is 3. The lowest BCUT2D eigenvalue weighted by Crippen LogP contribution is -2.37. The van der Waals surface area contributed by atoms with Crippen LogP contribution >= 0.6 is 0 Å². The molecule has 1 amide bonds. The number of hydrogen-bond acceptors (Lipinski definition) is 3. The van der Waals surface area contributed by atoms with Crippen molar-refractivity contribution in [1.82, 2.24) is 14.8 Å². The molecule has 0 bridgehead atoms. The molecule has 1 aliphatic heterocycles. The highest BCUT2D eigenvalue weighted by Gasteiger charge is 2.44. The topological polar surface area (TPSA) is 57.5 Å². The van der Waals surface area contributed by atoms with Crippen LogP contribution in [0.1, 0.15) is 92.8 Å². The number of likely N-dealkylation sites (tertiary alicyclic amines) is 1. The summed E-state index contributed by atoms with van der Waals surface area (Å²) < 4.78 is 43.0. The van der Waals surface area contributed by atoms with Crippen LogP contribution in [0.5, 0.6) is 0 Å². The number of benzene rings is 1. The van der Waals surface area contributed by atoms with E-state index in [0.717, 1.165) is 71.0 Å². The van der Waals surface area contributed by atoms with Gasteiger partial charge in [0, 0.05) is 29.1 Å². The zero-order valence-corrected chi connectivity index (χ0v) is 20.5. The van der Waals surface area contributed by atoms with Crippen molar-refractivity contribution in [3.05, 3.63) is 35.5 Å². The van der Waals surface area contributed by atoms with Crippen LogP contribution in [-0.2, 0) is 6.54 Å². The van der Waals surface area contributed by atoms with Crippen molar-refractivity contribution in [3.63, 3.8) is 0 Å². The smallest absolute Gasteiger partial charge is 0.379 e. The maximum absolute atomic E-state index is 13.8. The number of amides is 1. The third-order valence-corrected chi connectivity index (χ3v) is 7.55. The molecule has 4 rings (SSSR count). The predicted octanol–water partition coefficient (Wildman–Crippen LogP) is 5.96. The van der Waals surface area contributed by atoms with Gasteiger partial charge in [-0.05, 0) is 64.2 Å². The van der Waals surface area contributed by atoms with E-state index >= 15 is 0 Å². The number of aromatic nitrogens is 1. The largest absolute Gasteiger partial charge is 0.418 e. The van der Waals surface area contributed by atoms with Crippen LogP contribution in [0.3, 0.4) is 0 Å². The van der Waals surface area contributed by atoms with Crippen LogP contribution in [0, 0.1) is 0 Å². The van der Waals surface area contributed by atoms with Gasteiger partial charge in [0.15, 0.2) is 6.10 Å². The number of unbranched alkanes of at least 4 members (excludes halogenated alkanes) is 1. The first kappa shape index (κ1) is 26.0. The van der Waals surface area contributed by atoms with Gasteiger partial charge in [-0.1, -0.05) is 50.3 Å². The molecule has 2 aromatic rings. The van der Waals surface area contributed by atoms with Gasteiger partial charge in [-0.3, -0.25) is 4.79 Å². The van der Waals surface area contributed by atoms with E-state index in [1.54, 1.807) is 28.8 Å². The first-order chi connectivity index (χ1) is 16.9. The van der Waals surface area contributed by atoms with E-state index in [-0.39, 0.29) is 17.3 Å². The number of aliphatic hydroxyl groups is 1. The average Bonchev–Trinajstić information content (AvgIpc) is 3.43. The Hall–Kier alpha value is -2.06. The average molecular weight is 494 g/mol. The molecule has 194 valence electrons. The number of nitrogens with zero attached hydrogens (tertiary/aromatic N) is 2. The quantitative estimate of drug-likeness (QED) is 0.447. The summed E-state index contributed by atoms with van der Waals surface area (Å²) in [4.78, 5) is 16.0. The third-order valence-electron chi connectivity index (χ3n) is 7.55. The molecule has 1 atom stereocenters. The van der Waals surface area contributed by atoms with Crippen molar-refractivity contribution in [3.8, 4) is 0 Å². The van der Waals surface area contributed by atoms with Crippen molar-refractivity contribution < 1.29 is 23.1 Å². The molecule has 0 spiro atoms. The lowest BCUT2D eigenvalue weighted by molar-refractivity contribution is -0.206. The second-order valence-electron chi connectivity index (χ2n) is 10.1. The Balaban J connectivity index is 1.64. The maximum atomic E-state index is 13.8. The summed E-state index contributed by atoms with van der Waals surface area (Å²) >= 11 is 0. The number of hydrogen-bond donors (Lipinski definition) is 2. The molecule has 2 fully saturated rings. The Morgan fingerprint density at radius 1 is 0.971 bits per heavy atom. The van der Waals surface area contributed by atoms with Gasteiger partial charge in [0.2, 0.25) is 0 Å². The van der Waals surface area contributed by atoms with Crippen LogP contribution < -0.4 is 5.32 Å². The van der Waals surface area contributed by atoms with Gasteiger partial charge in [-0.25, -0.2) is 0 Å². The number of nitrogens with one attached hydrogen (secondary N) is 1. The molecule has 35 heavy (non-hydrogen) atoms. The van der Waals surface area contributed by atoms with Crippen LogP contribution in [0.15, 0.2) is 24.3 Å². The number of para-hydroxylation sites is 1. The molecule has 2 aliphatic rings. The maximum Gasteiger partial charge on any atom is 0.418 e. The van der Waals surface area contributed by atoms with Crippen molar-refractivity contribution in [2.75, 3.05) is 19.6 Å². The van der Waals surface area contributed by atoms with Gasteiger partial charge in [0.25, 0.3) is 5.91 Å². The number of carbonyl (C=O) groups excluding carboxylic acids is 1. The van der Waals surface area contributed by atoms with Crippen molar-refractivity contribution in [2.45, 2.75) is 95.5 Å². The van der Waals surface area contributed by atoms with E-state index in [9.17, 15) is 23.1 Å². The summed E-state index contributed by atoms with van der Waals surface area (Å²) in [6, 6.07) is 6.69. The van der Waals surface area contributed by atoms with E-state index in [0.29, 0.717) is 17.4 Å². The van der Waals surface area contributed by atoms with E-state index in [1.165, 1.54) is 19.3 Å². The van der Waals surface area contributed by atoms with Crippen molar-refractivity contribution in [1.29, 1.82) is 0 Å².